The van der Waals surface area contributed by atoms with Crippen LogP contribution >= 0.6 is 23.5 Å². The number of aryl methyl sites for hydroxylation is 4. The van der Waals surface area contributed by atoms with Crippen LogP contribution < -0.4 is 9.47 Å². The zero-order valence-corrected chi connectivity index (χ0v) is 30.9. The van der Waals surface area contributed by atoms with E-state index in [0.29, 0.717) is 22.0 Å². The first kappa shape index (κ1) is 36.2. The lowest BCUT2D eigenvalue weighted by atomic mass is 9.76. The third-order valence-electron chi connectivity index (χ3n) is 9.82. The first-order valence-corrected chi connectivity index (χ1v) is 19.4. The van der Waals surface area contributed by atoms with E-state index >= 15 is 0 Å². The summed E-state index contributed by atoms with van der Waals surface area (Å²) in [6.45, 7) is 16.8. The van der Waals surface area contributed by atoms with E-state index in [2.05, 4.69) is 65.8 Å². The summed E-state index contributed by atoms with van der Waals surface area (Å²) >= 11 is 3.83. The molecule has 2 unspecified atom stereocenters. The summed E-state index contributed by atoms with van der Waals surface area (Å²) < 4.78 is 12.8. The van der Waals surface area contributed by atoms with Gasteiger partial charge in [-0.05, 0) is 101 Å². The topological polar surface area (TPSA) is 55.8 Å². The van der Waals surface area contributed by atoms with Crippen molar-refractivity contribution in [1.82, 2.24) is 0 Å². The molecule has 2 saturated carbocycles. The minimum atomic E-state index is -0.867. The van der Waals surface area contributed by atoms with Gasteiger partial charge in [-0.3, -0.25) is 4.79 Å². The highest BCUT2D eigenvalue weighted by atomic mass is 32.2. The zero-order valence-electron chi connectivity index (χ0n) is 29.2. The molecule has 1 N–H and O–H groups in total. The summed E-state index contributed by atoms with van der Waals surface area (Å²) in [5, 5.41) is 12.4. The van der Waals surface area contributed by atoms with Crippen LogP contribution in [-0.2, 0) is 10.2 Å². The Hall–Kier alpha value is -1.63. The molecule has 0 amide bonds. The lowest BCUT2D eigenvalue weighted by molar-refractivity contribution is -0.122. The van der Waals surface area contributed by atoms with Crippen LogP contribution in [0.5, 0.6) is 11.5 Å². The van der Waals surface area contributed by atoms with Crippen LogP contribution in [-0.4, -0.2) is 51.2 Å². The van der Waals surface area contributed by atoms with Gasteiger partial charge in [-0.1, -0.05) is 76.6 Å². The number of rotatable bonds is 14. The van der Waals surface area contributed by atoms with Gasteiger partial charge in [0.15, 0.2) is 11.9 Å². The molecule has 0 heterocycles. The Morgan fingerprint density at radius 3 is 1.69 bits per heavy atom. The standard InChI is InChI=1S/C39H58O4S2/c1-26-19-31(20-27(2)36(26)42-24-39(8,41)25-45-34-17-13-10-14-18-34)38(6,7)32-21-28(3)37(29(4)22-32)43-35(30(5)40)23-44-33-15-11-9-12-16-33/h19-22,33-35,41H,9-18,23-25H2,1-8H3. The Balaban J connectivity index is 1.44. The molecule has 2 aromatic rings. The Labute approximate surface area is 282 Å². The van der Waals surface area contributed by atoms with Crippen LogP contribution in [0.2, 0.25) is 0 Å². The molecule has 45 heavy (non-hydrogen) atoms. The molecule has 2 fully saturated rings. The van der Waals surface area contributed by atoms with E-state index in [0.717, 1.165) is 33.8 Å². The fourth-order valence-corrected chi connectivity index (χ4v) is 9.59. The molecule has 2 aromatic carbocycles. The molecule has 0 bridgehead atoms. The summed E-state index contributed by atoms with van der Waals surface area (Å²) in [5.74, 6) is 3.22. The summed E-state index contributed by atoms with van der Waals surface area (Å²) in [6.07, 6.45) is 12.5. The van der Waals surface area contributed by atoms with Gasteiger partial charge < -0.3 is 14.6 Å². The Morgan fingerprint density at radius 2 is 1.22 bits per heavy atom. The van der Waals surface area contributed by atoms with Gasteiger partial charge >= 0.3 is 0 Å². The fourth-order valence-electron chi connectivity index (χ4n) is 6.83. The minimum Gasteiger partial charge on any atom is -0.490 e. The van der Waals surface area contributed by atoms with Gasteiger partial charge in [0, 0.05) is 27.4 Å². The maximum Gasteiger partial charge on any atom is 0.171 e. The van der Waals surface area contributed by atoms with Gasteiger partial charge in [0.25, 0.3) is 0 Å². The van der Waals surface area contributed by atoms with Gasteiger partial charge in [-0.2, -0.15) is 23.5 Å². The van der Waals surface area contributed by atoms with Crippen LogP contribution in [0.3, 0.4) is 0 Å². The molecule has 2 aliphatic carbocycles. The van der Waals surface area contributed by atoms with Crippen molar-refractivity contribution >= 4 is 29.3 Å². The largest absolute Gasteiger partial charge is 0.490 e. The van der Waals surface area contributed by atoms with Gasteiger partial charge in [0.2, 0.25) is 0 Å². The van der Waals surface area contributed by atoms with Crippen molar-refractivity contribution in [1.29, 1.82) is 0 Å². The average molecular weight is 655 g/mol. The van der Waals surface area contributed by atoms with Crippen LogP contribution in [0.4, 0.5) is 0 Å². The third-order valence-corrected chi connectivity index (χ3v) is 13.0. The van der Waals surface area contributed by atoms with Crippen molar-refractivity contribution in [3.05, 3.63) is 57.6 Å². The molecule has 0 radical (unpaired) electrons. The molecule has 6 heteroatoms. The number of carbonyl (C=O) groups is 1. The number of aliphatic hydroxyl groups is 1. The summed E-state index contributed by atoms with van der Waals surface area (Å²) in [6, 6.07) is 8.92. The highest BCUT2D eigenvalue weighted by Crippen LogP contribution is 2.39. The number of benzene rings is 2. The number of hydrogen-bond acceptors (Lipinski definition) is 6. The lowest BCUT2D eigenvalue weighted by Gasteiger charge is -2.31. The number of carbonyl (C=O) groups excluding carboxylic acids is 1. The Morgan fingerprint density at radius 1 is 0.778 bits per heavy atom. The highest BCUT2D eigenvalue weighted by Gasteiger charge is 2.29. The van der Waals surface area contributed by atoms with Gasteiger partial charge in [0.05, 0.1) is 0 Å². The second-order valence-corrected chi connectivity index (χ2v) is 17.3. The fraction of sp³-hybridized carbons (Fsp3) is 0.667. The lowest BCUT2D eigenvalue weighted by Crippen LogP contribution is -2.36. The number of ketones is 1. The number of Topliss-reactive ketones (excluding diaryl/α,β-unsaturated/α-hetero) is 1. The normalized spacial score (nSPS) is 18.8. The van der Waals surface area contributed by atoms with Crippen molar-refractivity contribution in [2.24, 2.45) is 0 Å². The Bertz CT molecular complexity index is 1240. The molecule has 0 saturated heterocycles. The molecule has 0 aromatic heterocycles. The van der Waals surface area contributed by atoms with E-state index < -0.39 is 11.7 Å². The predicted molar refractivity (Wildman–Crippen MR) is 194 cm³/mol. The van der Waals surface area contributed by atoms with E-state index in [1.165, 1.54) is 75.3 Å². The smallest absolute Gasteiger partial charge is 0.171 e. The Kier molecular flexibility index (Phi) is 12.9. The van der Waals surface area contributed by atoms with E-state index in [1.54, 1.807) is 6.92 Å². The molecule has 0 aliphatic heterocycles. The first-order chi connectivity index (χ1) is 21.3. The molecule has 4 rings (SSSR count). The monoisotopic (exact) mass is 654 g/mol. The highest BCUT2D eigenvalue weighted by molar-refractivity contribution is 8.00. The van der Waals surface area contributed by atoms with Crippen LogP contribution in [0.1, 0.15) is 125 Å². The molecule has 0 spiro atoms. The van der Waals surface area contributed by atoms with Crippen molar-refractivity contribution in [3.8, 4) is 11.5 Å². The number of thioether (sulfide) groups is 2. The van der Waals surface area contributed by atoms with Crippen LogP contribution in [0.15, 0.2) is 24.3 Å². The van der Waals surface area contributed by atoms with Gasteiger partial charge in [-0.15, -0.1) is 0 Å². The molecular formula is C39H58O4S2. The van der Waals surface area contributed by atoms with E-state index in [1.807, 2.05) is 30.4 Å². The summed E-state index contributed by atoms with van der Waals surface area (Å²) in [5.41, 5.74) is 5.62. The van der Waals surface area contributed by atoms with Crippen LogP contribution in [0.25, 0.3) is 0 Å². The van der Waals surface area contributed by atoms with Crippen molar-refractivity contribution in [2.75, 3.05) is 18.1 Å². The third kappa shape index (κ3) is 9.93. The molecule has 2 aliphatic rings. The minimum absolute atomic E-state index is 0.0965. The number of ether oxygens (including phenoxy) is 2. The first-order valence-electron chi connectivity index (χ1n) is 17.3. The summed E-state index contributed by atoms with van der Waals surface area (Å²) in [4.78, 5) is 12.6. The maximum absolute atomic E-state index is 12.6. The summed E-state index contributed by atoms with van der Waals surface area (Å²) in [7, 11) is 0. The maximum atomic E-state index is 12.6. The van der Waals surface area contributed by atoms with Crippen molar-refractivity contribution in [3.63, 3.8) is 0 Å². The zero-order chi connectivity index (χ0) is 32.8. The van der Waals surface area contributed by atoms with Gasteiger partial charge in [-0.25, -0.2) is 0 Å². The second kappa shape index (κ2) is 16.0. The molecule has 250 valence electrons. The van der Waals surface area contributed by atoms with Gasteiger partial charge in [0.1, 0.15) is 23.7 Å². The van der Waals surface area contributed by atoms with E-state index in [-0.39, 0.29) is 17.8 Å². The molecule has 2 atom stereocenters. The predicted octanol–water partition coefficient (Wildman–Crippen LogP) is 9.84. The van der Waals surface area contributed by atoms with Crippen molar-refractivity contribution in [2.45, 2.75) is 147 Å². The molecular weight excluding hydrogens is 597 g/mol. The van der Waals surface area contributed by atoms with Crippen molar-refractivity contribution < 1.29 is 19.4 Å². The second-order valence-electron chi connectivity index (χ2n) is 14.7. The molecule has 4 nitrogen and oxygen atoms in total. The van der Waals surface area contributed by atoms with E-state index in [9.17, 15) is 9.90 Å². The quantitative estimate of drug-likeness (QED) is 0.219. The SMILES string of the molecule is CC(=O)C(CSC1CCCCC1)Oc1c(C)cc(C(C)(C)c2cc(C)c(OCC(C)(O)CSC3CCCCC3)c(C)c2)cc1C. The average Bonchev–Trinajstić information content (AvgIpc) is 2.99. The van der Waals surface area contributed by atoms with E-state index in [4.69, 9.17) is 9.47 Å². The number of hydrogen-bond donors (Lipinski definition) is 1. The van der Waals surface area contributed by atoms with Crippen LogP contribution in [0, 0.1) is 27.7 Å².